The van der Waals surface area contributed by atoms with Crippen molar-refractivity contribution in [2.75, 3.05) is 12.4 Å². The van der Waals surface area contributed by atoms with Gasteiger partial charge in [0.05, 0.1) is 41.6 Å². The lowest BCUT2D eigenvalue weighted by Gasteiger charge is -2.35. The highest BCUT2D eigenvalue weighted by molar-refractivity contribution is 5.79. The fourth-order valence-corrected chi connectivity index (χ4v) is 3.90. The number of hydrogen-bond donors (Lipinski definition) is 3. The van der Waals surface area contributed by atoms with Gasteiger partial charge in [-0.1, -0.05) is 12.1 Å². The largest absolute Gasteiger partial charge is 0.379 e. The highest BCUT2D eigenvalue weighted by Gasteiger charge is 2.34. The van der Waals surface area contributed by atoms with Crippen molar-refractivity contribution in [2.24, 2.45) is 5.92 Å². The lowest BCUT2D eigenvalue weighted by atomic mass is 9.83. The summed E-state index contributed by atoms with van der Waals surface area (Å²) in [5.74, 6) is 0.713. The third-order valence-electron chi connectivity index (χ3n) is 5.45. The van der Waals surface area contributed by atoms with Crippen molar-refractivity contribution >= 4 is 22.8 Å². The summed E-state index contributed by atoms with van der Waals surface area (Å²) >= 11 is 0. The Labute approximate surface area is 169 Å². The normalized spacial score (nSPS) is 21.8. The second-order valence-corrected chi connectivity index (χ2v) is 7.54. The Hall–Kier alpha value is -3.00. The zero-order valence-corrected chi connectivity index (χ0v) is 16.7. The Kier molecular flexibility index (Phi) is 5.71. The first kappa shape index (κ1) is 19.3. The second kappa shape index (κ2) is 8.57. The molecule has 3 atom stereocenters. The van der Waals surface area contributed by atoms with Gasteiger partial charge in [-0.3, -0.25) is 14.9 Å². The first-order valence-electron chi connectivity index (χ1n) is 9.92. The van der Waals surface area contributed by atoms with Gasteiger partial charge >= 0.3 is 0 Å². The molecule has 0 unspecified atom stereocenters. The van der Waals surface area contributed by atoms with E-state index < -0.39 is 0 Å². The Morgan fingerprint density at radius 2 is 2.10 bits per heavy atom. The lowest BCUT2D eigenvalue weighted by Crippen LogP contribution is -2.44. The summed E-state index contributed by atoms with van der Waals surface area (Å²) < 4.78 is 5.70. The van der Waals surface area contributed by atoms with Gasteiger partial charge in [-0.2, -0.15) is 5.10 Å². The van der Waals surface area contributed by atoms with E-state index in [4.69, 9.17) is 4.74 Å². The third-order valence-corrected chi connectivity index (χ3v) is 5.45. The number of ether oxygens (including phenoxy) is 1. The van der Waals surface area contributed by atoms with Gasteiger partial charge in [0.1, 0.15) is 5.82 Å². The van der Waals surface area contributed by atoms with Crippen molar-refractivity contribution < 1.29 is 9.53 Å². The molecule has 0 bridgehead atoms. The number of H-pyrrole nitrogens is 1. The number of hydrogen-bond acceptors (Lipinski definition) is 6. The van der Waals surface area contributed by atoms with E-state index in [1.54, 1.807) is 13.3 Å². The number of aromatic amines is 1. The molecule has 3 N–H and O–H groups in total. The van der Waals surface area contributed by atoms with E-state index >= 15 is 0 Å². The molecule has 1 aliphatic carbocycles. The van der Waals surface area contributed by atoms with Crippen LogP contribution in [0.4, 0.5) is 5.82 Å². The molecule has 3 aromatic rings. The van der Waals surface area contributed by atoms with Gasteiger partial charge in [-0.25, -0.2) is 4.98 Å². The van der Waals surface area contributed by atoms with Crippen LogP contribution in [0.5, 0.6) is 0 Å². The van der Waals surface area contributed by atoms with Crippen LogP contribution in [-0.4, -0.2) is 45.3 Å². The molecule has 0 spiro atoms. The Balaban J connectivity index is 1.35. The summed E-state index contributed by atoms with van der Waals surface area (Å²) in [7, 11) is 1.69. The van der Waals surface area contributed by atoms with Gasteiger partial charge in [0.2, 0.25) is 5.91 Å². The van der Waals surface area contributed by atoms with Gasteiger partial charge < -0.3 is 15.4 Å². The van der Waals surface area contributed by atoms with Gasteiger partial charge in [0, 0.05) is 18.7 Å². The molecular formula is C21H26N6O2. The van der Waals surface area contributed by atoms with Gasteiger partial charge in [-0.05, 0) is 44.4 Å². The molecule has 152 valence electrons. The molecule has 0 radical (unpaired) electrons. The summed E-state index contributed by atoms with van der Waals surface area (Å²) in [5, 5.41) is 13.5. The van der Waals surface area contributed by atoms with E-state index in [0.717, 1.165) is 41.1 Å². The van der Waals surface area contributed by atoms with E-state index in [-0.39, 0.29) is 24.0 Å². The van der Waals surface area contributed by atoms with E-state index in [2.05, 4.69) is 30.8 Å². The number of para-hydroxylation sites is 2. The quantitative estimate of drug-likeness (QED) is 0.594. The Morgan fingerprint density at radius 3 is 2.86 bits per heavy atom. The Bertz CT molecular complexity index is 988. The van der Waals surface area contributed by atoms with Crippen molar-refractivity contribution in [3.63, 3.8) is 0 Å². The number of methoxy groups -OCH3 is 1. The number of benzene rings is 1. The molecule has 1 aromatic carbocycles. The molecule has 2 aromatic heterocycles. The maximum absolute atomic E-state index is 12.6. The number of nitrogens with zero attached hydrogens (tertiary/aromatic N) is 3. The van der Waals surface area contributed by atoms with Crippen LogP contribution in [0.25, 0.3) is 11.0 Å². The van der Waals surface area contributed by atoms with Crippen molar-refractivity contribution in [3.05, 3.63) is 47.9 Å². The SMILES string of the molecule is CO[C@@H]1C[C@@H](C(=O)NCc2cc(C)[nH]n2)CC[C@H]1Nc1cnc2ccccc2n1. The van der Waals surface area contributed by atoms with Crippen LogP contribution in [0.1, 0.15) is 30.7 Å². The van der Waals surface area contributed by atoms with Crippen LogP contribution in [0.3, 0.4) is 0 Å². The standard InChI is InChI=1S/C21H26N6O2/c1-13-9-15(27-26-13)11-23-21(28)14-7-8-18(19(10-14)29-2)25-20-12-22-16-5-3-4-6-17(16)24-20/h3-6,9,12,14,18-19H,7-8,10-11H2,1-2H3,(H,23,28)(H,24,25)(H,26,27)/t14-,18+,19+/m0/s1. The molecule has 0 aliphatic heterocycles. The van der Waals surface area contributed by atoms with E-state index in [1.165, 1.54) is 0 Å². The highest BCUT2D eigenvalue weighted by atomic mass is 16.5. The van der Waals surface area contributed by atoms with Crippen LogP contribution in [0, 0.1) is 12.8 Å². The molecule has 8 nitrogen and oxygen atoms in total. The number of carbonyl (C=O) groups is 1. The summed E-state index contributed by atoms with van der Waals surface area (Å²) in [4.78, 5) is 21.7. The summed E-state index contributed by atoms with van der Waals surface area (Å²) in [6.45, 7) is 2.38. The molecule has 1 saturated carbocycles. The first-order valence-corrected chi connectivity index (χ1v) is 9.92. The zero-order valence-electron chi connectivity index (χ0n) is 16.7. The maximum Gasteiger partial charge on any atom is 0.223 e. The summed E-state index contributed by atoms with van der Waals surface area (Å²) in [6, 6.07) is 9.82. The Morgan fingerprint density at radius 1 is 1.28 bits per heavy atom. The average Bonchev–Trinajstić information content (AvgIpc) is 3.17. The highest BCUT2D eigenvalue weighted by Crippen LogP contribution is 2.29. The average molecular weight is 394 g/mol. The van der Waals surface area contributed by atoms with Gasteiger partial charge in [-0.15, -0.1) is 0 Å². The molecule has 4 rings (SSSR count). The van der Waals surface area contributed by atoms with E-state index in [9.17, 15) is 4.79 Å². The molecule has 0 saturated heterocycles. The fraction of sp³-hybridized carbons (Fsp3) is 0.429. The minimum absolute atomic E-state index is 0.0525. The molecule has 1 fully saturated rings. The number of aryl methyl sites for hydroxylation is 1. The second-order valence-electron chi connectivity index (χ2n) is 7.54. The topological polar surface area (TPSA) is 105 Å². The molecule has 1 amide bonds. The van der Waals surface area contributed by atoms with Crippen molar-refractivity contribution in [1.82, 2.24) is 25.5 Å². The minimum Gasteiger partial charge on any atom is -0.379 e. The first-order chi connectivity index (χ1) is 14.1. The predicted molar refractivity (Wildman–Crippen MR) is 110 cm³/mol. The number of anilines is 1. The lowest BCUT2D eigenvalue weighted by molar-refractivity contribution is -0.127. The smallest absolute Gasteiger partial charge is 0.223 e. The van der Waals surface area contributed by atoms with E-state index in [0.29, 0.717) is 13.0 Å². The van der Waals surface area contributed by atoms with Crippen molar-refractivity contribution in [1.29, 1.82) is 0 Å². The van der Waals surface area contributed by atoms with Crippen LogP contribution in [0.15, 0.2) is 36.5 Å². The van der Waals surface area contributed by atoms with E-state index in [1.807, 2.05) is 37.3 Å². The molecule has 29 heavy (non-hydrogen) atoms. The zero-order chi connectivity index (χ0) is 20.2. The molecule has 2 heterocycles. The van der Waals surface area contributed by atoms with Gasteiger partial charge in [0.25, 0.3) is 0 Å². The van der Waals surface area contributed by atoms with Crippen LogP contribution < -0.4 is 10.6 Å². The maximum atomic E-state index is 12.6. The van der Waals surface area contributed by atoms with Crippen molar-refractivity contribution in [2.45, 2.75) is 44.9 Å². The van der Waals surface area contributed by atoms with Crippen LogP contribution >= 0.6 is 0 Å². The summed E-state index contributed by atoms with van der Waals surface area (Å²) in [5.41, 5.74) is 3.54. The number of amides is 1. The van der Waals surface area contributed by atoms with Crippen molar-refractivity contribution in [3.8, 4) is 0 Å². The molecule has 8 heteroatoms. The number of rotatable bonds is 6. The number of carbonyl (C=O) groups excluding carboxylic acids is 1. The monoisotopic (exact) mass is 394 g/mol. The number of nitrogens with one attached hydrogen (secondary N) is 3. The molecule has 1 aliphatic rings. The predicted octanol–water partition coefficient (Wildman–Crippen LogP) is 2.57. The third kappa shape index (κ3) is 4.54. The van der Waals surface area contributed by atoms with Gasteiger partial charge in [0.15, 0.2) is 0 Å². The number of fused-ring (bicyclic) bond motifs is 1. The summed E-state index contributed by atoms with van der Waals surface area (Å²) in [6.07, 6.45) is 3.97. The molecular weight excluding hydrogens is 368 g/mol. The number of aromatic nitrogens is 4. The minimum atomic E-state index is -0.0691. The fourth-order valence-electron chi connectivity index (χ4n) is 3.90. The van der Waals surface area contributed by atoms with Crippen LogP contribution in [0.2, 0.25) is 0 Å². The van der Waals surface area contributed by atoms with Crippen LogP contribution in [-0.2, 0) is 16.1 Å².